The van der Waals surface area contributed by atoms with Crippen LogP contribution in [0.15, 0.2) is 45.5 Å². The summed E-state index contributed by atoms with van der Waals surface area (Å²) < 4.78 is 19.7. The Balaban J connectivity index is 2.22. The van der Waals surface area contributed by atoms with Crippen LogP contribution in [-0.2, 0) is 6.42 Å². The standard InChI is InChI=1S/C12H12BrFN2O/c13-9-5-6-17-12(9)11(16-15)7-8-3-1-2-4-10(8)14/h1-6,11,16H,7,15H2. The van der Waals surface area contributed by atoms with Crippen molar-refractivity contribution in [1.29, 1.82) is 0 Å². The zero-order valence-electron chi connectivity index (χ0n) is 8.99. The van der Waals surface area contributed by atoms with Gasteiger partial charge in [0.15, 0.2) is 0 Å². The number of halogens is 2. The van der Waals surface area contributed by atoms with Crippen LogP contribution in [0.3, 0.4) is 0 Å². The molecule has 0 fully saturated rings. The Kier molecular flexibility index (Phi) is 3.93. The molecular formula is C12H12BrFN2O. The molecule has 0 bridgehead atoms. The van der Waals surface area contributed by atoms with Crippen molar-refractivity contribution in [3.63, 3.8) is 0 Å². The van der Waals surface area contributed by atoms with Crippen molar-refractivity contribution >= 4 is 15.9 Å². The van der Waals surface area contributed by atoms with E-state index < -0.39 is 0 Å². The lowest BCUT2D eigenvalue weighted by Gasteiger charge is -2.14. The van der Waals surface area contributed by atoms with Gasteiger partial charge in [0, 0.05) is 0 Å². The highest BCUT2D eigenvalue weighted by Crippen LogP contribution is 2.27. The third-order valence-corrected chi connectivity index (χ3v) is 3.20. The van der Waals surface area contributed by atoms with Crippen LogP contribution in [0.5, 0.6) is 0 Å². The molecule has 0 saturated carbocycles. The fourth-order valence-electron chi connectivity index (χ4n) is 1.67. The van der Waals surface area contributed by atoms with Crippen LogP contribution in [-0.4, -0.2) is 0 Å². The normalized spacial score (nSPS) is 12.6. The predicted molar refractivity (Wildman–Crippen MR) is 66.6 cm³/mol. The monoisotopic (exact) mass is 298 g/mol. The van der Waals surface area contributed by atoms with Crippen LogP contribution in [0.1, 0.15) is 17.4 Å². The third-order valence-electron chi connectivity index (χ3n) is 2.54. The molecule has 2 aromatic rings. The molecule has 2 rings (SSSR count). The van der Waals surface area contributed by atoms with Crippen LogP contribution in [0.4, 0.5) is 4.39 Å². The molecule has 1 aromatic heterocycles. The summed E-state index contributed by atoms with van der Waals surface area (Å²) in [7, 11) is 0. The molecule has 1 atom stereocenters. The second-order valence-corrected chi connectivity index (χ2v) is 4.50. The second kappa shape index (κ2) is 5.44. The van der Waals surface area contributed by atoms with E-state index in [2.05, 4.69) is 21.4 Å². The molecule has 5 heteroatoms. The van der Waals surface area contributed by atoms with E-state index in [0.717, 1.165) is 4.47 Å². The average Bonchev–Trinajstić information content (AvgIpc) is 2.75. The quantitative estimate of drug-likeness (QED) is 0.674. The molecule has 0 aliphatic carbocycles. The SMILES string of the molecule is NNC(Cc1ccccc1F)c1occc1Br. The Morgan fingerprint density at radius 2 is 2.12 bits per heavy atom. The lowest BCUT2D eigenvalue weighted by Crippen LogP contribution is -2.29. The van der Waals surface area contributed by atoms with Crippen molar-refractivity contribution in [3.05, 3.63) is 58.2 Å². The summed E-state index contributed by atoms with van der Waals surface area (Å²) in [5.74, 6) is 5.90. The van der Waals surface area contributed by atoms with Gasteiger partial charge in [0.05, 0.1) is 16.8 Å². The average molecular weight is 299 g/mol. The first-order valence-corrected chi connectivity index (χ1v) is 5.94. The molecule has 1 heterocycles. The van der Waals surface area contributed by atoms with Crippen molar-refractivity contribution in [3.8, 4) is 0 Å². The summed E-state index contributed by atoms with van der Waals surface area (Å²) in [5, 5.41) is 0. The van der Waals surface area contributed by atoms with Gasteiger partial charge in [0.1, 0.15) is 11.6 Å². The molecule has 0 spiro atoms. The predicted octanol–water partition coefficient (Wildman–Crippen LogP) is 2.93. The van der Waals surface area contributed by atoms with Gasteiger partial charge >= 0.3 is 0 Å². The molecule has 17 heavy (non-hydrogen) atoms. The molecule has 90 valence electrons. The number of hydrogen-bond acceptors (Lipinski definition) is 3. The van der Waals surface area contributed by atoms with Crippen molar-refractivity contribution in [2.75, 3.05) is 0 Å². The smallest absolute Gasteiger partial charge is 0.136 e. The topological polar surface area (TPSA) is 51.2 Å². The fourth-order valence-corrected chi connectivity index (χ4v) is 2.14. The molecule has 1 unspecified atom stereocenters. The number of benzene rings is 1. The summed E-state index contributed by atoms with van der Waals surface area (Å²) >= 11 is 3.36. The van der Waals surface area contributed by atoms with E-state index in [0.29, 0.717) is 17.7 Å². The van der Waals surface area contributed by atoms with Gasteiger partial charge in [-0.2, -0.15) is 0 Å². The van der Waals surface area contributed by atoms with E-state index in [4.69, 9.17) is 10.3 Å². The van der Waals surface area contributed by atoms with Crippen molar-refractivity contribution in [1.82, 2.24) is 5.43 Å². The maximum atomic E-state index is 13.5. The lowest BCUT2D eigenvalue weighted by atomic mass is 10.0. The second-order valence-electron chi connectivity index (χ2n) is 3.65. The van der Waals surface area contributed by atoms with E-state index in [1.54, 1.807) is 30.5 Å². The number of nitrogens with two attached hydrogens (primary N) is 1. The number of hydrazine groups is 1. The summed E-state index contributed by atoms with van der Waals surface area (Å²) in [4.78, 5) is 0. The highest BCUT2D eigenvalue weighted by molar-refractivity contribution is 9.10. The van der Waals surface area contributed by atoms with Gasteiger partial charge < -0.3 is 4.42 Å². The highest BCUT2D eigenvalue weighted by Gasteiger charge is 2.18. The minimum Gasteiger partial charge on any atom is -0.466 e. The van der Waals surface area contributed by atoms with Gasteiger partial charge in [-0.05, 0) is 40.0 Å². The first-order chi connectivity index (χ1) is 8.22. The Hall–Kier alpha value is -1.17. The Bertz CT molecular complexity index is 501. The van der Waals surface area contributed by atoms with Crippen LogP contribution >= 0.6 is 15.9 Å². The Labute approximate surface area is 107 Å². The molecule has 0 aliphatic rings. The number of furan rings is 1. The van der Waals surface area contributed by atoms with Crippen molar-refractivity contribution in [2.45, 2.75) is 12.5 Å². The maximum absolute atomic E-state index is 13.5. The lowest BCUT2D eigenvalue weighted by molar-refractivity contribution is 0.410. The molecule has 0 aliphatic heterocycles. The summed E-state index contributed by atoms with van der Waals surface area (Å²) in [6.45, 7) is 0. The van der Waals surface area contributed by atoms with E-state index in [1.165, 1.54) is 6.07 Å². The van der Waals surface area contributed by atoms with Crippen LogP contribution in [0, 0.1) is 5.82 Å². The number of hydrogen-bond donors (Lipinski definition) is 2. The zero-order chi connectivity index (χ0) is 12.3. The number of nitrogens with one attached hydrogen (secondary N) is 1. The van der Waals surface area contributed by atoms with Gasteiger partial charge in [-0.3, -0.25) is 5.84 Å². The van der Waals surface area contributed by atoms with Gasteiger partial charge in [-0.15, -0.1) is 0 Å². The van der Waals surface area contributed by atoms with Crippen LogP contribution in [0.25, 0.3) is 0 Å². The first-order valence-electron chi connectivity index (χ1n) is 5.14. The van der Waals surface area contributed by atoms with Crippen LogP contribution < -0.4 is 11.3 Å². The molecule has 3 nitrogen and oxygen atoms in total. The van der Waals surface area contributed by atoms with Gasteiger partial charge in [0.25, 0.3) is 0 Å². The minimum atomic E-state index is -0.267. The van der Waals surface area contributed by atoms with Crippen molar-refractivity contribution < 1.29 is 8.81 Å². The van der Waals surface area contributed by atoms with Crippen molar-refractivity contribution in [2.24, 2.45) is 5.84 Å². The maximum Gasteiger partial charge on any atom is 0.136 e. The van der Waals surface area contributed by atoms with E-state index in [-0.39, 0.29) is 11.9 Å². The van der Waals surface area contributed by atoms with E-state index in [9.17, 15) is 4.39 Å². The summed E-state index contributed by atoms with van der Waals surface area (Å²) in [5.41, 5.74) is 3.23. The third kappa shape index (κ3) is 2.74. The molecular weight excluding hydrogens is 287 g/mol. The molecule has 0 saturated heterocycles. The van der Waals surface area contributed by atoms with Gasteiger partial charge in [-0.25, -0.2) is 9.82 Å². The first kappa shape index (κ1) is 12.3. The zero-order valence-corrected chi connectivity index (χ0v) is 10.6. The van der Waals surface area contributed by atoms with E-state index in [1.807, 2.05) is 0 Å². The minimum absolute atomic E-state index is 0.240. The van der Waals surface area contributed by atoms with Crippen LogP contribution in [0.2, 0.25) is 0 Å². The fraction of sp³-hybridized carbons (Fsp3) is 0.167. The highest BCUT2D eigenvalue weighted by atomic mass is 79.9. The van der Waals surface area contributed by atoms with Gasteiger partial charge in [-0.1, -0.05) is 18.2 Å². The largest absolute Gasteiger partial charge is 0.466 e. The summed E-state index contributed by atoms with van der Waals surface area (Å²) in [6.07, 6.45) is 1.99. The molecule has 3 N–H and O–H groups in total. The van der Waals surface area contributed by atoms with Gasteiger partial charge in [0.2, 0.25) is 0 Å². The Morgan fingerprint density at radius 3 is 2.71 bits per heavy atom. The summed E-state index contributed by atoms with van der Waals surface area (Å²) in [6, 6.07) is 8.13. The molecule has 1 aromatic carbocycles. The molecule has 0 amide bonds. The Morgan fingerprint density at radius 1 is 1.35 bits per heavy atom. The molecule has 0 radical (unpaired) electrons. The van der Waals surface area contributed by atoms with E-state index >= 15 is 0 Å². The number of rotatable bonds is 4.